The van der Waals surface area contributed by atoms with Crippen LogP contribution in [0.2, 0.25) is 0 Å². The predicted molar refractivity (Wildman–Crippen MR) is 139 cm³/mol. The van der Waals surface area contributed by atoms with Gasteiger partial charge in [-0.3, -0.25) is 0 Å². The van der Waals surface area contributed by atoms with Gasteiger partial charge in [0.05, 0.1) is 17.3 Å². The van der Waals surface area contributed by atoms with Gasteiger partial charge in [0.15, 0.2) is 5.17 Å². The molecule has 3 nitrogen and oxygen atoms in total. The van der Waals surface area contributed by atoms with Crippen LogP contribution in [0.4, 0.5) is 5.69 Å². The first-order valence-electron chi connectivity index (χ1n) is 10.0. The normalized spacial score (nSPS) is 11.3. The quantitative estimate of drug-likeness (QED) is 0.177. The van der Waals surface area contributed by atoms with Crippen LogP contribution in [0.3, 0.4) is 0 Å². The number of amidine groups is 1. The van der Waals surface area contributed by atoms with Crippen molar-refractivity contribution in [3.8, 4) is 6.07 Å². The minimum atomic E-state index is 0.567. The summed E-state index contributed by atoms with van der Waals surface area (Å²) in [6.07, 6.45) is 4.26. The van der Waals surface area contributed by atoms with E-state index in [1.54, 1.807) is 11.8 Å². The highest BCUT2D eigenvalue weighted by Crippen LogP contribution is 2.24. The average Bonchev–Trinajstić information content (AvgIpc) is 2.78. The molecule has 0 aliphatic rings. The van der Waals surface area contributed by atoms with E-state index in [2.05, 4.69) is 61.1 Å². The highest BCUT2D eigenvalue weighted by Gasteiger charge is 2.06. The van der Waals surface area contributed by atoms with Crippen molar-refractivity contribution in [3.63, 3.8) is 0 Å². The fraction of sp³-hybridized carbons (Fsp3) is 0.200. The number of unbranched alkanes of at least 4 members (excludes halogenated alkanes) is 1. The lowest BCUT2D eigenvalue weighted by atomic mass is 10.0. The van der Waals surface area contributed by atoms with Gasteiger partial charge in [-0.2, -0.15) is 5.26 Å². The van der Waals surface area contributed by atoms with Gasteiger partial charge in [0.2, 0.25) is 0 Å². The van der Waals surface area contributed by atoms with Crippen molar-refractivity contribution in [2.24, 2.45) is 10.7 Å². The van der Waals surface area contributed by atoms with Gasteiger partial charge in [0, 0.05) is 14.7 Å². The van der Waals surface area contributed by atoms with Crippen molar-refractivity contribution in [3.05, 3.63) is 97.9 Å². The van der Waals surface area contributed by atoms with Gasteiger partial charge < -0.3 is 5.73 Å². The van der Waals surface area contributed by atoms with Crippen molar-refractivity contribution in [2.45, 2.75) is 31.4 Å². The number of hydrogen-bond acceptors (Lipinski definition) is 3. The average molecular weight is 557 g/mol. The maximum absolute atomic E-state index is 8.91. The molecule has 3 aromatic rings. The maximum atomic E-state index is 8.91. The third-order valence-corrected chi connectivity index (χ3v) is 6.72. The Hall–Kier alpha value is -2.07. The summed E-state index contributed by atoms with van der Waals surface area (Å²) in [6, 6.07) is 24.3. The van der Waals surface area contributed by atoms with Gasteiger partial charge in [-0.05, 0) is 90.9 Å². The number of nitrogens with two attached hydrogens (primary N) is 1. The predicted octanol–water partition coefficient (Wildman–Crippen LogP) is 7.53. The SMILES string of the molecule is N#Cc1ccc(CCCCc2cc(Br)ccc2CS/C(N)=N/c2ccc(Br)cc2)cc1. The summed E-state index contributed by atoms with van der Waals surface area (Å²) in [6.45, 7) is 0. The van der Waals surface area contributed by atoms with Gasteiger partial charge in [-0.25, -0.2) is 4.99 Å². The van der Waals surface area contributed by atoms with Crippen LogP contribution in [0, 0.1) is 11.3 Å². The molecule has 0 fully saturated rings. The number of benzene rings is 3. The summed E-state index contributed by atoms with van der Waals surface area (Å²) >= 11 is 8.59. The van der Waals surface area contributed by atoms with Gasteiger partial charge in [0.25, 0.3) is 0 Å². The molecule has 0 saturated carbocycles. The van der Waals surface area contributed by atoms with E-state index in [0.717, 1.165) is 46.1 Å². The van der Waals surface area contributed by atoms with E-state index < -0.39 is 0 Å². The second-order valence-electron chi connectivity index (χ2n) is 7.14. The van der Waals surface area contributed by atoms with Gasteiger partial charge >= 0.3 is 0 Å². The number of aliphatic imine (C=N–C) groups is 1. The van der Waals surface area contributed by atoms with Gasteiger partial charge in [-0.15, -0.1) is 0 Å². The first kappa shape index (κ1) is 23.6. The molecule has 0 unspecified atom stereocenters. The molecule has 3 rings (SSSR count). The largest absolute Gasteiger partial charge is 0.378 e. The lowest BCUT2D eigenvalue weighted by molar-refractivity contribution is 0.731. The molecule has 0 bridgehead atoms. The van der Waals surface area contributed by atoms with Gasteiger partial charge in [0.1, 0.15) is 0 Å². The number of thioether (sulfide) groups is 1. The molecule has 0 spiro atoms. The molecule has 158 valence electrons. The van der Waals surface area contributed by atoms with E-state index in [1.807, 2.05) is 48.5 Å². The Bertz CT molecular complexity index is 1070. The van der Waals surface area contributed by atoms with Crippen LogP contribution < -0.4 is 5.73 Å². The second kappa shape index (κ2) is 12.1. The van der Waals surface area contributed by atoms with E-state index in [9.17, 15) is 0 Å². The zero-order chi connectivity index (χ0) is 22.1. The molecule has 0 radical (unpaired) electrons. The lowest BCUT2D eigenvalue weighted by Gasteiger charge is -2.10. The minimum Gasteiger partial charge on any atom is -0.378 e. The monoisotopic (exact) mass is 555 g/mol. The van der Waals surface area contributed by atoms with Crippen LogP contribution in [0.1, 0.15) is 35.1 Å². The third-order valence-electron chi connectivity index (χ3n) is 4.85. The second-order valence-corrected chi connectivity index (χ2v) is 9.97. The summed E-state index contributed by atoms with van der Waals surface area (Å²) in [7, 11) is 0. The summed E-state index contributed by atoms with van der Waals surface area (Å²) < 4.78 is 2.12. The minimum absolute atomic E-state index is 0.567. The van der Waals surface area contributed by atoms with Crippen molar-refractivity contribution < 1.29 is 0 Å². The standard InChI is InChI=1S/C25H23Br2N3S/c26-22-11-13-24(14-12-22)30-25(29)31-17-21-9-10-23(27)15-20(21)4-2-1-3-18-5-7-19(16-28)8-6-18/h5-15H,1-4,17H2,(H2,29,30). The number of nitriles is 1. The third kappa shape index (κ3) is 7.84. The van der Waals surface area contributed by atoms with E-state index in [0.29, 0.717) is 10.7 Å². The molecular weight excluding hydrogens is 534 g/mol. The van der Waals surface area contributed by atoms with Crippen molar-refractivity contribution in [2.75, 3.05) is 0 Å². The van der Waals surface area contributed by atoms with Crippen molar-refractivity contribution in [1.29, 1.82) is 5.26 Å². The van der Waals surface area contributed by atoms with Gasteiger partial charge in [-0.1, -0.05) is 61.8 Å². The summed E-state index contributed by atoms with van der Waals surface area (Å²) in [5.74, 6) is 0.796. The first-order valence-corrected chi connectivity index (χ1v) is 12.6. The molecule has 0 saturated heterocycles. The lowest BCUT2D eigenvalue weighted by Crippen LogP contribution is -2.07. The number of halogens is 2. The Balaban J connectivity index is 1.54. The summed E-state index contributed by atoms with van der Waals surface area (Å²) in [4.78, 5) is 4.49. The van der Waals surface area contributed by atoms with E-state index >= 15 is 0 Å². The molecule has 0 heterocycles. The smallest absolute Gasteiger partial charge is 0.159 e. The first-order chi connectivity index (χ1) is 15.0. The highest BCUT2D eigenvalue weighted by atomic mass is 79.9. The van der Waals surface area contributed by atoms with Crippen LogP contribution in [0.5, 0.6) is 0 Å². The number of rotatable bonds is 8. The van der Waals surface area contributed by atoms with Crippen LogP contribution in [-0.2, 0) is 18.6 Å². The fourth-order valence-electron chi connectivity index (χ4n) is 3.19. The number of nitrogens with zero attached hydrogens (tertiary/aromatic N) is 2. The molecule has 2 N–H and O–H groups in total. The van der Waals surface area contributed by atoms with E-state index in [1.165, 1.54) is 16.7 Å². The Morgan fingerprint density at radius 3 is 2.26 bits per heavy atom. The Kier molecular flexibility index (Phi) is 9.20. The fourth-order valence-corrected chi connectivity index (χ4v) is 4.61. The van der Waals surface area contributed by atoms with Crippen LogP contribution >= 0.6 is 43.6 Å². The maximum Gasteiger partial charge on any atom is 0.159 e. The molecule has 3 aromatic carbocycles. The van der Waals surface area contributed by atoms with E-state index in [-0.39, 0.29) is 0 Å². The molecule has 0 aliphatic heterocycles. The van der Waals surface area contributed by atoms with Crippen LogP contribution in [-0.4, -0.2) is 5.17 Å². The van der Waals surface area contributed by atoms with E-state index in [4.69, 9.17) is 11.0 Å². The molecule has 6 heteroatoms. The molecule has 31 heavy (non-hydrogen) atoms. The Labute approximate surface area is 205 Å². The zero-order valence-electron chi connectivity index (χ0n) is 17.0. The topological polar surface area (TPSA) is 62.2 Å². The van der Waals surface area contributed by atoms with Crippen LogP contribution in [0.15, 0.2) is 80.7 Å². The molecule has 0 amide bonds. The van der Waals surface area contributed by atoms with Crippen molar-refractivity contribution >= 4 is 54.5 Å². The number of hydrogen-bond donors (Lipinski definition) is 1. The molecule has 0 aliphatic carbocycles. The summed E-state index contributed by atoms with van der Waals surface area (Å²) in [5.41, 5.74) is 11.6. The number of aryl methyl sites for hydroxylation is 2. The highest BCUT2D eigenvalue weighted by molar-refractivity contribution is 9.10. The molecular formula is C25H23Br2N3S. The summed E-state index contributed by atoms with van der Waals surface area (Å²) in [5, 5.41) is 9.47. The zero-order valence-corrected chi connectivity index (χ0v) is 21.0. The Morgan fingerprint density at radius 1 is 0.871 bits per heavy atom. The Morgan fingerprint density at radius 2 is 1.55 bits per heavy atom. The van der Waals surface area contributed by atoms with Crippen molar-refractivity contribution in [1.82, 2.24) is 0 Å². The molecule has 0 aromatic heterocycles. The van der Waals surface area contributed by atoms with Crippen LogP contribution in [0.25, 0.3) is 0 Å². The molecule has 0 atom stereocenters.